The van der Waals surface area contributed by atoms with Gasteiger partial charge in [-0.25, -0.2) is 4.39 Å². The second kappa shape index (κ2) is 7.43. The number of benzene rings is 1. The van der Waals surface area contributed by atoms with E-state index >= 15 is 0 Å². The monoisotopic (exact) mass is 318 g/mol. The number of carbonyl (C=O) groups excluding carboxylic acids is 1. The third-order valence-electron chi connectivity index (χ3n) is 5.36. The molecule has 1 amide bonds. The molecule has 0 aromatic heterocycles. The lowest BCUT2D eigenvalue weighted by Crippen LogP contribution is -2.47. The van der Waals surface area contributed by atoms with Crippen molar-refractivity contribution in [1.82, 2.24) is 4.90 Å². The molecule has 0 N–H and O–H groups in total. The van der Waals surface area contributed by atoms with Gasteiger partial charge >= 0.3 is 0 Å². The van der Waals surface area contributed by atoms with Gasteiger partial charge in [0.1, 0.15) is 5.82 Å². The summed E-state index contributed by atoms with van der Waals surface area (Å²) in [6.45, 7) is 4.95. The second-order valence-electron chi connectivity index (χ2n) is 7.05. The largest absolute Gasteiger partial charge is 0.310 e. The first kappa shape index (κ1) is 16.4. The molecule has 23 heavy (non-hydrogen) atoms. The smallest absolute Gasteiger partial charge is 0.224 e. The van der Waals surface area contributed by atoms with Crippen molar-refractivity contribution in [2.75, 3.05) is 24.5 Å². The van der Waals surface area contributed by atoms with Gasteiger partial charge in [0.25, 0.3) is 0 Å². The number of piperidine rings is 1. The summed E-state index contributed by atoms with van der Waals surface area (Å²) in [4.78, 5) is 16.5. The average Bonchev–Trinajstić information content (AvgIpc) is 3.04. The third-order valence-corrected chi connectivity index (χ3v) is 5.36. The van der Waals surface area contributed by atoms with Crippen LogP contribution in [-0.2, 0) is 4.79 Å². The van der Waals surface area contributed by atoms with Crippen LogP contribution in [0.3, 0.4) is 0 Å². The number of nitrogens with zero attached hydrogens (tertiary/aromatic N) is 2. The van der Waals surface area contributed by atoms with Crippen molar-refractivity contribution in [3.63, 3.8) is 0 Å². The zero-order valence-corrected chi connectivity index (χ0v) is 14.0. The summed E-state index contributed by atoms with van der Waals surface area (Å²) in [5.74, 6) is 0.669. The molecule has 1 aromatic rings. The highest BCUT2D eigenvalue weighted by Crippen LogP contribution is 2.28. The van der Waals surface area contributed by atoms with Crippen LogP contribution in [-0.4, -0.2) is 36.5 Å². The Morgan fingerprint density at radius 1 is 1.13 bits per heavy atom. The van der Waals surface area contributed by atoms with E-state index in [1.165, 1.54) is 44.4 Å². The van der Waals surface area contributed by atoms with Crippen molar-refractivity contribution in [1.29, 1.82) is 0 Å². The number of anilines is 1. The number of hydrogen-bond donors (Lipinski definition) is 0. The number of rotatable bonds is 4. The van der Waals surface area contributed by atoms with Gasteiger partial charge in [0, 0.05) is 38.3 Å². The van der Waals surface area contributed by atoms with Gasteiger partial charge in [-0.1, -0.05) is 12.8 Å². The Balaban J connectivity index is 1.59. The van der Waals surface area contributed by atoms with Crippen LogP contribution in [0.5, 0.6) is 0 Å². The van der Waals surface area contributed by atoms with E-state index in [1.807, 2.05) is 4.90 Å². The molecule has 2 aliphatic rings. The number of carbonyl (C=O) groups is 1. The lowest BCUT2D eigenvalue weighted by atomic mass is 10.00. The molecule has 1 aliphatic heterocycles. The molecule has 0 spiro atoms. The molecule has 1 saturated carbocycles. The Morgan fingerprint density at radius 2 is 1.74 bits per heavy atom. The van der Waals surface area contributed by atoms with Crippen LogP contribution in [0.15, 0.2) is 24.3 Å². The summed E-state index contributed by atoms with van der Waals surface area (Å²) >= 11 is 0. The molecule has 0 atom stereocenters. The van der Waals surface area contributed by atoms with Crippen LogP contribution in [0, 0.1) is 11.7 Å². The van der Waals surface area contributed by atoms with Crippen molar-refractivity contribution < 1.29 is 9.18 Å². The highest BCUT2D eigenvalue weighted by Gasteiger charge is 2.28. The van der Waals surface area contributed by atoms with E-state index in [4.69, 9.17) is 0 Å². The molecule has 3 nitrogen and oxygen atoms in total. The summed E-state index contributed by atoms with van der Waals surface area (Å²) in [5.41, 5.74) is 0.813. The predicted molar refractivity (Wildman–Crippen MR) is 91.0 cm³/mol. The molecule has 1 heterocycles. The van der Waals surface area contributed by atoms with Crippen molar-refractivity contribution in [2.45, 2.75) is 51.5 Å². The molecule has 3 rings (SSSR count). The van der Waals surface area contributed by atoms with Crippen LogP contribution < -0.4 is 4.90 Å². The molecule has 1 aliphatic carbocycles. The van der Waals surface area contributed by atoms with Crippen molar-refractivity contribution in [2.24, 2.45) is 5.92 Å². The SMILES string of the molecule is CC(=O)N(c1ccc(F)cc1)C1CCN(CC2CCCC2)CC1. The Kier molecular flexibility index (Phi) is 5.31. The second-order valence-corrected chi connectivity index (χ2v) is 7.05. The molecular weight excluding hydrogens is 291 g/mol. The van der Waals surface area contributed by atoms with Crippen LogP contribution in [0.25, 0.3) is 0 Å². The Morgan fingerprint density at radius 3 is 2.30 bits per heavy atom. The summed E-state index contributed by atoms with van der Waals surface area (Å²) in [5, 5.41) is 0. The van der Waals surface area contributed by atoms with Crippen LogP contribution in [0.1, 0.15) is 45.4 Å². The lowest BCUT2D eigenvalue weighted by Gasteiger charge is -2.39. The summed E-state index contributed by atoms with van der Waals surface area (Å²) in [6.07, 6.45) is 7.56. The standard InChI is InChI=1S/C19H27FN2O/c1-15(23)22(18-8-6-17(20)7-9-18)19-10-12-21(13-11-19)14-16-4-2-3-5-16/h6-9,16,19H,2-5,10-14H2,1H3. The molecule has 126 valence electrons. The van der Waals surface area contributed by atoms with Crippen molar-refractivity contribution in [3.05, 3.63) is 30.1 Å². The minimum absolute atomic E-state index is 0.0471. The topological polar surface area (TPSA) is 23.6 Å². The number of amides is 1. The number of likely N-dealkylation sites (tertiary alicyclic amines) is 1. The minimum Gasteiger partial charge on any atom is -0.310 e. The summed E-state index contributed by atoms with van der Waals surface area (Å²) in [6, 6.07) is 6.52. The van der Waals surface area contributed by atoms with E-state index in [1.54, 1.807) is 19.1 Å². The molecular formula is C19H27FN2O. The van der Waals surface area contributed by atoms with Gasteiger partial charge in [-0.15, -0.1) is 0 Å². The van der Waals surface area contributed by atoms with Gasteiger partial charge < -0.3 is 9.80 Å². The maximum absolute atomic E-state index is 13.1. The normalized spacial score (nSPS) is 20.8. The maximum atomic E-state index is 13.1. The molecule has 0 unspecified atom stereocenters. The quantitative estimate of drug-likeness (QED) is 0.842. The third kappa shape index (κ3) is 4.11. The molecule has 0 bridgehead atoms. The van der Waals surface area contributed by atoms with Gasteiger partial charge in [-0.2, -0.15) is 0 Å². The Bertz CT molecular complexity index is 517. The van der Waals surface area contributed by atoms with Crippen LogP contribution in [0.4, 0.5) is 10.1 Å². The Labute approximate surface area is 138 Å². The van der Waals surface area contributed by atoms with Crippen LogP contribution in [0.2, 0.25) is 0 Å². The molecule has 1 aromatic carbocycles. The van der Waals surface area contributed by atoms with Gasteiger partial charge in [0.2, 0.25) is 5.91 Å². The van der Waals surface area contributed by atoms with E-state index in [2.05, 4.69) is 4.90 Å². The zero-order chi connectivity index (χ0) is 16.2. The van der Waals surface area contributed by atoms with Gasteiger partial charge in [-0.05, 0) is 55.9 Å². The van der Waals surface area contributed by atoms with Gasteiger partial charge in [0.15, 0.2) is 0 Å². The fourth-order valence-corrected chi connectivity index (χ4v) is 4.17. The van der Waals surface area contributed by atoms with E-state index < -0.39 is 0 Å². The average molecular weight is 318 g/mol. The zero-order valence-electron chi connectivity index (χ0n) is 14.0. The molecule has 0 radical (unpaired) electrons. The molecule has 2 fully saturated rings. The van der Waals surface area contributed by atoms with Crippen molar-refractivity contribution in [3.8, 4) is 0 Å². The fourth-order valence-electron chi connectivity index (χ4n) is 4.17. The fraction of sp³-hybridized carbons (Fsp3) is 0.632. The lowest BCUT2D eigenvalue weighted by molar-refractivity contribution is -0.117. The van der Waals surface area contributed by atoms with E-state index in [-0.39, 0.29) is 17.8 Å². The maximum Gasteiger partial charge on any atom is 0.224 e. The number of hydrogen-bond acceptors (Lipinski definition) is 2. The van der Waals surface area contributed by atoms with Gasteiger partial charge in [-0.3, -0.25) is 4.79 Å². The highest BCUT2D eigenvalue weighted by atomic mass is 19.1. The first-order valence-electron chi connectivity index (χ1n) is 8.91. The van der Waals surface area contributed by atoms with E-state index in [9.17, 15) is 9.18 Å². The molecule has 4 heteroatoms. The number of halogens is 1. The van der Waals surface area contributed by atoms with Crippen LogP contribution >= 0.6 is 0 Å². The highest BCUT2D eigenvalue weighted by molar-refractivity contribution is 5.92. The first-order chi connectivity index (χ1) is 11.1. The van der Waals surface area contributed by atoms with Crippen molar-refractivity contribution >= 4 is 11.6 Å². The van der Waals surface area contributed by atoms with E-state index in [0.717, 1.165) is 37.5 Å². The minimum atomic E-state index is -0.261. The predicted octanol–water partition coefficient (Wildman–Crippen LogP) is 3.83. The molecule has 1 saturated heterocycles. The first-order valence-corrected chi connectivity index (χ1v) is 8.91. The summed E-state index contributed by atoms with van der Waals surface area (Å²) in [7, 11) is 0. The summed E-state index contributed by atoms with van der Waals surface area (Å²) < 4.78 is 13.1. The van der Waals surface area contributed by atoms with Gasteiger partial charge in [0.05, 0.1) is 0 Å². The Hall–Kier alpha value is -1.42. The van der Waals surface area contributed by atoms with E-state index in [0.29, 0.717) is 0 Å².